The summed E-state index contributed by atoms with van der Waals surface area (Å²) in [6.07, 6.45) is 11.5. The van der Waals surface area contributed by atoms with Crippen LogP contribution in [0.15, 0.2) is 0 Å². The topological polar surface area (TPSA) is 37.3 Å². The lowest BCUT2D eigenvalue weighted by Gasteiger charge is -2.39. The second-order valence-electron chi connectivity index (χ2n) is 6.31. The minimum atomic E-state index is -0.512. The lowest BCUT2D eigenvalue weighted by atomic mass is 9.65. The van der Waals surface area contributed by atoms with Crippen LogP contribution in [-0.2, 0) is 4.79 Å². The van der Waals surface area contributed by atoms with Gasteiger partial charge in [0, 0.05) is 0 Å². The van der Waals surface area contributed by atoms with E-state index in [1.54, 1.807) is 0 Å². The van der Waals surface area contributed by atoms with Gasteiger partial charge in [-0.05, 0) is 31.1 Å². The van der Waals surface area contributed by atoms with Gasteiger partial charge in [0.1, 0.15) is 0 Å². The molecule has 2 atom stereocenters. The van der Waals surface area contributed by atoms with Crippen LogP contribution < -0.4 is 0 Å². The predicted octanol–water partition coefficient (Wildman–Crippen LogP) is 4.24. The highest BCUT2D eigenvalue weighted by Crippen LogP contribution is 2.47. The van der Waals surface area contributed by atoms with Crippen LogP contribution in [0.5, 0.6) is 0 Å². The summed E-state index contributed by atoms with van der Waals surface area (Å²) >= 11 is 0. The molecule has 0 aliphatic heterocycles. The van der Waals surface area contributed by atoms with Crippen LogP contribution in [0.25, 0.3) is 0 Å². The van der Waals surface area contributed by atoms with E-state index in [-0.39, 0.29) is 5.41 Å². The zero-order valence-electron chi connectivity index (χ0n) is 11.1. The molecule has 2 fully saturated rings. The van der Waals surface area contributed by atoms with Gasteiger partial charge in [-0.25, -0.2) is 0 Å². The maximum Gasteiger partial charge on any atom is 0.309 e. The number of carboxylic acids is 1. The SMILES string of the molecule is CCC1CCCC(CC2CCCC2)(C(=O)O)C1. The zero-order valence-corrected chi connectivity index (χ0v) is 11.1. The van der Waals surface area contributed by atoms with Gasteiger partial charge in [-0.1, -0.05) is 51.9 Å². The number of rotatable bonds is 4. The Morgan fingerprint density at radius 1 is 1.18 bits per heavy atom. The molecule has 2 nitrogen and oxygen atoms in total. The number of aliphatic carboxylic acids is 1. The molecule has 0 amide bonds. The second-order valence-corrected chi connectivity index (χ2v) is 6.31. The van der Waals surface area contributed by atoms with E-state index in [1.165, 1.54) is 32.1 Å². The second kappa shape index (κ2) is 5.41. The maximum absolute atomic E-state index is 11.7. The van der Waals surface area contributed by atoms with Crippen molar-refractivity contribution in [3.05, 3.63) is 0 Å². The van der Waals surface area contributed by atoms with Crippen molar-refractivity contribution < 1.29 is 9.90 Å². The molecule has 0 aromatic carbocycles. The van der Waals surface area contributed by atoms with Crippen LogP contribution >= 0.6 is 0 Å². The van der Waals surface area contributed by atoms with Gasteiger partial charge in [-0.15, -0.1) is 0 Å². The molecule has 2 saturated carbocycles. The van der Waals surface area contributed by atoms with E-state index in [4.69, 9.17) is 0 Å². The van der Waals surface area contributed by atoms with Crippen LogP contribution in [0.2, 0.25) is 0 Å². The highest BCUT2D eigenvalue weighted by molar-refractivity contribution is 5.74. The monoisotopic (exact) mass is 238 g/mol. The first-order valence-corrected chi connectivity index (χ1v) is 7.39. The van der Waals surface area contributed by atoms with Gasteiger partial charge < -0.3 is 5.11 Å². The van der Waals surface area contributed by atoms with Gasteiger partial charge in [-0.3, -0.25) is 4.79 Å². The predicted molar refractivity (Wildman–Crippen MR) is 68.9 cm³/mol. The van der Waals surface area contributed by atoms with Gasteiger partial charge in [0.15, 0.2) is 0 Å². The maximum atomic E-state index is 11.7. The van der Waals surface area contributed by atoms with Crippen LogP contribution in [0.1, 0.15) is 71.1 Å². The van der Waals surface area contributed by atoms with E-state index < -0.39 is 5.97 Å². The Morgan fingerprint density at radius 2 is 1.82 bits per heavy atom. The van der Waals surface area contributed by atoms with Crippen LogP contribution in [0, 0.1) is 17.3 Å². The molecule has 2 aliphatic carbocycles. The molecule has 2 heteroatoms. The lowest BCUT2D eigenvalue weighted by molar-refractivity contribution is -0.153. The number of carbonyl (C=O) groups is 1. The Kier molecular flexibility index (Phi) is 4.11. The minimum absolute atomic E-state index is 0.367. The first-order chi connectivity index (χ1) is 8.16. The van der Waals surface area contributed by atoms with Crippen LogP contribution in [0.3, 0.4) is 0 Å². The quantitative estimate of drug-likeness (QED) is 0.795. The third kappa shape index (κ3) is 2.83. The molecule has 2 unspecified atom stereocenters. The molecule has 0 aromatic rings. The fourth-order valence-corrected chi connectivity index (χ4v) is 4.07. The molecule has 0 spiro atoms. The van der Waals surface area contributed by atoms with Gasteiger partial charge in [-0.2, -0.15) is 0 Å². The molecule has 0 radical (unpaired) electrons. The number of hydrogen-bond donors (Lipinski definition) is 1. The average molecular weight is 238 g/mol. The molecular formula is C15H26O2. The molecule has 0 bridgehead atoms. The Bertz CT molecular complexity index is 268. The van der Waals surface area contributed by atoms with Crippen molar-refractivity contribution in [3.8, 4) is 0 Å². The first kappa shape index (κ1) is 12.9. The van der Waals surface area contributed by atoms with Gasteiger partial charge >= 0.3 is 5.97 Å². The van der Waals surface area contributed by atoms with Crippen molar-refractivity contribution >= 4 is 5.97 Å². The van der Waals surface area contributed by atoms with E-state index in [2.05, 4.69) is 6.92 Å². The fourth-order valence-electron chi connectivity index (χ4n) is 4.07. The minimum Gasteiger partial charge on any atom is -0.481 e. The Hall–Kier alpha value is -0.530. The standard InChI is InChI=1S/C15H26O2/c1-2-12-8-5-9-15(10-12,14(16)17)11-13-6-3-4-7-13/h12-13H,2-11H2,1H3,(H,16,17). The molecule has 2 rings (SSSR count). The lowest BCUT2D eigenvalue weighted by Crippen LogP contribution is -2.38. The summed E-state index contributed by atoms with van der Waals surface area (Å²) in [6.45, 7) is 2.21. The summed E-state index contributed by atoms with van der Waals surface area (Å²) in [5.41, 5.74) is -0.367. The normalized spacial score (nSPS) is 35.0. The van der Waals surface area contributed by atoms with Crippen molar-refractivity contribution in [2.45, 2.75) is 71.1 Å². The summed E-state index contributed by atoms with van der Waals surface area (Å²) < 4.78 is 0. The van der Waals surface area contributed by atoms with E-state index in [1.807, 2.05) is 0 Å². The fraction of sp³-hybridized carbons (Fsp3) is 0.933. The molecule has 17 heavy (non-hydrogen) atoms. The summed E-state index contributed by atoms with van der Waals surface area (Å²) in [5.74, 6) is 0.838. The van der Waals surface area contributed by atoms with Crippen LogP contribution in [-0.4, -0.2) is 11.1 Å². The number of carboxylic acid groups (broad SMARTS) is 1. The van der Waals surface area contributed by atoms with E-state index >= 15 is 0 Å². The largest absolute Gasteiger partial charge is 0.481 e. The molecule has 0 heterocycles. The first-order valence-electron chi connectivity index (χ1n) is 7.39. The summed E-state index contributed by atoms with van der Waals surface area (Å²) in [7, 11) is 0. The molecule has 98 valence electrons. The van der Waals surface area contributed by atoms with Gasteiger partial charge in [0.05, 0.1) is 5.41 Å². The molecule has 2 aliphatic rings. The van der Waals surface area contributed by atoms with E-state index in [9.17, 15) is 9.90 Å². The van der Waals surface area contributed by atoms with E-state index in [0.717, 1.165) is 32.1 Å². The van der Waals surface area contributed by atoms with Crippen molar-refractivity contribution in [3.63, 3.8) is 0 Å². The Labute approximate surface area is 105 Å². The smallest absolute Gasteiger partial charge is 0.309 e. The van der Waals surface area contributed by atoms with Crippen molar-refractivity contribution in [1.82, 2.24) is 0 Å². The van der Waals surface area contributed by atoms with Crippen molar-refractivity contribution in [2.24, 2.45) is 17.3 Å². The highest BCUT2D eigenvalue weighted by atomic mass is 16.4. The zero-order chi connectivity index (χ0) is 12.3. The Balaban J connectivity index is 2.05. The summed E-state index contributed by atoms with van der Waals surface area (Å²) in [4.78, 5) is 11.7. The third-order valence-electron chi connectivity index (χ3n) is 5.13. The van der Waals surface area contributed by atoms with Crippen molar-refractivity contribution in [2.75, 3.05) is 0 Å². The Morgan fingerprint density at radius 3 is 2.41 bits per heavy atom. The van der Waals surface area contributed by atoms with Gasteiger partial charge in [0.2, 0.25) is 0 Å². The summed E-state index contributed by atoms with van der Waals surface area (Å²) in [6, 6.07) is 0. The molecule has 0 aromatic heterocycles. The molecule has 1 N–H and O–H groups in total. The van der Waals surface area contributed by atoms with E-state index in [0.29, 0.717) is 11.8 Å². The number of hydrogen-bond acceptors (Lipinski definition) is 1. The van der Waals surface area contributed by atoms with Gasteiger partial charge in [0.25, 0.3) is 0 Å². The highest BCUT2D eigenvalue weighted by Gasteiger charge is 2.44. The third-order valence-corrected chi connectivity index (χ3v) is 5.13. The molecule has 0 saturated heterocycles. The summed E-state index contributed by atoms with van der Waals surface area (Å²) in [5, 5.41) is 9.66. The van der Waals surface area contributed by atoms with Crippen LogP contribution in [0.4, 0.5) is 0 Å². The average Bonchev–Trinajstić information content (AvgIpc) is 2.81. The van der Waals surface area contributed by atoms with Crippen molar-refractivity contribution in [1.29, 1.82) is 0 Å². The molecular weight excluding hydrogens is 212 g/mol.